The molecule has 1 aliphatic rings. The van der Waals surface area contributed by atoms with E-state index in [-0.39, 0.29) is 5.82 Å². The summed E-state index contributed by atoms with van der Waals surface area (Å²) in [4.78, 5) is 15.3. The predicted molar refractivity (Wildman–Crippen MR) is 59.4 cm³/mol. The number of carboxylic acid groups (broad SMARTS) is 1. The molecule has 0 unspecified atom stereocenters. The van der Waals surface area contributed by atoms with Crippen molar-refractivity contribution in [2.45, 2.75) is 19.4 Å². The van der Waals surface area contributed by atoms with Crippen LogP contribution in [0.3, 0.4) is 0 Å². The molecule has 1 N–H and O–H groups in total. The molecule has 16 heavy (non-hydrogen) atoms. The monoisotopic (exact) mass is 216 g/mol. The van der Waals surface area contributed by atoms with Crippen LogP contribution in [-0.4, -0.2) is 20.6 Å². The highest BCUT2D eigenvalue weighted by molar-refractivity contribution is 5.89. The number of rotatable bonds is 3. The molecule has 1 aliphatic carbocycles. The molecule has 4 heteroatoms. The number of aromatic nitrogens is 2. The number of carboxylic acids is 1. The van der Waals surface area contributed by atoms with Crippen LogP contribution in [0.4, 0.5) is 0 Å². The Labute approximate surface area is 92.5 Å². The van der Waals surface area contributed by atoms with E-state index in [1.165, 1.54) is 12.8 Å². The van der Waals surface area contributed by atoms with Gasteiger partial charge in [0.2, 0.25) is 5.82 Å². The fraction of sp³-hybridized carbons (Fsp3) is 0.333. The Kier molecular flexibility index (Phi) is 1.96. The Bertz CT molecular complexity index is 555. The van der Waals surface area contributed by atoms with Crippen LogP contribution >= 0.6 is 0 Å². The third-order valence-electron chi connectivity index (χ3n) is 2.98. The summed E-state index contributed by atoms with van der Waals surface area (Å²) in [6.45, 7) is 0.780. The number of hydrogen-bond acceptors (Lipinski definition) is 2. The first-order chi connectivity index (χ1) is 7.75. The van der Waals surface area contributed by atoms with Crippen molar-refractivity contribution in [3.8, 4) is 0 Å². The van der Waals surface area contributed by atoms with Crippen LogP contribution in [0.5, 0.6) is 0 Å². The standard InChI is InChI=1S/C12H12N2O2/c15-12(16)11-13-9-3-1-2-4-10(9)14(11)7-8-5-6-8/h1-4,8H,5-7H2,(H,15,16). The van der Waals surface area contributed by atoms with Gasteiger partial charge in [-0.15, -0.1) is 0 Å². The maximum Gasteiger partial charge on any atom is 0.372 e. The predicted octanol–water partition coefficient (Wildman–Crippen LogP) is 2.14. The first-order valence-corrected chi connectivity index (χ1v) is 5.44. The van der Waals surface area contributed by atoms with Gasteiger partial charge in [-0.1, -0.05) is 12.1 Å². The van der Waals surface area contributed by atoms with Gasteiger partial charge >= 0.3 is 5.97 Å². The van der Waals surface area contributed by atoms with Crippen LogP contribution in [0, 0.1) is 5.92 Å². The van der Waals surface area contributed by atoms with Crippen molar-refractivity contribution >= 4 is 17.0 Å². The fourth-order valence-corrected chi connectivity index (χ4v) is 1.98. The summed E-state index contributed by atoms with van der Waals surface area (Å²) in [5.41, 5.74) is 1.69. The van der Waals surface area contributed by atoms with E-state index in [1.54, 1.807) is 0 Å². The molecule has 0 amide bonds. The molecule has 0 radical (unpaired) electrons. The van der Waals surface area contributed by atoms with E-state index in [2.05, 4.69) is 4.98 Å². The number of fused-ring (bicyclic) bond motifs is 1. The molecule has 0 atom stereocenters. The van der Waals surface area contributed by atoms with E-state index in [1.807, 2.05) is 28.8 Å². The molecule has 1 heterocycles. The molecule has 0 bridgehead atoms. The van der Waals surface area contributed by atoms with Gasteiger partial charge in [-0.05, 0) is 30.9 Å². The minimum absolute atomic E-state index is 0.160. The second kappa shape index (κ2) is 3.33. The molecule has 1 saturated carbocycles. The van der Waals surface area contributed by atoms with Gasteiger partial charge in [0.25, 0.3) is 0 Å². The van der Waals surface area contributed by atoms with Crippen molar-refractivity contribution in [3.05, 3.63) is 30.1 Å². The quantitative estimate of drug-likeness (QED) is 0.855. The summed E-state index contributed by atoms with van der Waals surface area (Å²) in [7, 11) is 0. The zero-order valence-corrected chi connectivity index (χ0v) is 8.76. The molecule has 0 saturated heterocycles. The summed E-state index contributed by atoms with van der Waals surface area (Å²) in [6, 6.07) is 7.57. The molecule has 1 fully saturated rings. The molecule has 4 nitrogen and oxygen atoms in total. The maximum atomic E-state index is 11.1. The SMILES string of the molecule is O=C(O)c1nc2ccccc2n1CC1CC1. The lowest BCUT2D eigenvalue weighted by Crippen LogP contribution is -2.10. The zero-order chi connectivity index (χ0) is 11.1. The van der Waals surface area contributed by atoms with E-state index >= 15 is 0 Å². The van der Waals surface area contributed by atoms with Crippen LogP contribution in [0.1, 0.15) is 23.5 Å². The van der Waals surface area contributed by atoms with E-state index in [0.29, 0.717) is 5.92 Å². The second-order valence-electron chi connectivity index (χ2n) is 4.28. The molecule has 3 rings (SSSR count). The summed E-state index contributed by atoms with van der Waals surface area (Å²) >= 11 is 0. The third-order valence-corrected chi connectivity index (χ3v) is 2.98. The Morgan fingerprint density at radius 2 is 2.19 bits per heavy atom. The molecular formula is C12H12N2O2. The van der Waals surface area contributed by atoms with Crippen molar-refractivity contribution < 1.29 is 9.90 Å². The average molecular weight is 216 g/mol. The van der Waals surface area contributed by atoms with Crippen molar-refractivity contribution in [2.75, 3.05) is 0 Å². The number of para-hydroxylation sites is 2. The molecule has 2 aromatic rings. The summed E-state index contributed by atoms with van der Waals surface area (Å²) in [5, 5.41) is 9.12. The van der Waals surface area contributed by atoms with E-state index in [0.717, 1.165) is 17.6 Å². The fourth-order valence-electron chi connectivity index (χ4n) is 1.98. The second-order valence-corrected chi connectivity index (χ2v) is 4.28. The number of aromatic carboxylic acids is 1. The highest BCUT2D eigenvalue weighted by Crippen LogP contribution is 2.32. The molecular weight excluding hydrogens is 204 g/mol. The normalized spacial score (nSPS) is 15.5. The Hall–Kier alpha value is -1.84. The van der Waals surface area contributed by atoms with Crippen LogP contribution in [0.15, 0.2) is 24.3 Å². The lowest BCUT2D eigenvalue weighted by atomic mass is 10.3. The molecule has 1 aromatic carbocycles. The molecule has 82 valence electrons. The Morgan fingerprint density at radius 1 is 1.44 bits per heavy atom. The number of imidazole rings is 1. The van der Waals surface area contributed by atoms with Gasteiger partial charge in [-0.2, -0.15) is 0 Å². The number of benzene rings is 1. The third kappa shape index (κ3) is 1.46. The van der Waals surface area contributed by atoms with Crippen LogP contribution in [-0.2, 0) is 6.54 Å². The van der Waals surface area contributed by atoms with Gasteiger partial charge in [0.05, 0.1) is 11.0 Å². The summed E-state index contributed by atoms with van der Waals surface area (Å²) in [6.07, 6.45) is 2.40. The molecule has 0 spiro atoms. The Morgan fingerprint density at radius 3 is 2.88 bits per heavy atom. The van der Waals surface area contributed by atoms with E-state index in [4.69, 9.17) is 5.11 Å². The smallest absolute Gasteiger partial charge is 0.372 e. The highest BCUT2D eigenvalue weighted by atomic mass is 16.4. The van der Waals surface area contributed by atoms with Gasteiger partial charge in [0.1, 0.15) is 0 Å². The van der Waals surface area contributed by atoms with Gasteiger partial charge in [0, 0.05) is 6.54 Å². The summed E-state index contributed by atoms with van der Waals surface area (Å²) in [5.74, 6) is -0.152. The van der Waals surface area contributed by atoms with Gasteiger partial charge in [-0.25, -0.2) is 9.78 Å². The number of nitrogens with zero attached hydrogens (tertiary/aromatic N) is 2. The van der Waals surface area contributed by atoms with Crippen molar-refractivity contribution in [1.29, 1.82) is 0 Å². The van der Waals surface area contributed by atoms with Crippen molar-refractivity contribution in [1.82, 2.24) is 9.55 Å². The number of hydrogen-bond donors (Lipinski definition) is 1. The largest absolute Gasteiger partial charge is 0.475 e. The molecule has 1 aromatic heterocycles. The van der Waals surface area contributed by atoms with Gasteiger partial charge in [0.15, 0.2) is 0 Å². The summed E-state index contributed by atoms with van der Waals surface area (Å²) < 4.78 is 1.83. The van der Waals surface area contributed by atoms with Gasteiger partial charge in [-0.3, -0.25) is 0 Å². The first kappa shape index (κ1) is 9.39. The minimum Gasteiger partial charge on any atom is -0.475 e. The Balaban J connectivity index is 2.18. The lowest BCUT2D eigenvalue weighted by molar-refractivity contribution is 0.0678. The lowest BCUT2D eigenvalue weighted by Gasteiger charge is -2.04. The van der Waals surface area contributed by atoms with Crippen LogP contribution < -0.4 is 0 Å². The minimum atomic E-state index is -0.947. The van der Waals surface area contributed by atoms with E-state index in [9.17, 15) is 4.79 Å². The first-order valence-electron chi connectivity index (χ1n) is 5.44. The van der Waals surface area contributed by atoms with Crippen molar-refractivity contribution in [2.24, 2.45) is 5.92 Å². The maximum absolute atomic E-state index is 11.1. The van der Waals surface area contributed by atoms with Crippen LogP contribution in [0.25, 0.3) is 11.0 Å². The molecule has 0 aliphatic heterocycles. The van der Waals surface area contributed by atoms with Crippen molar-refractivity contribution in [3.63, 3.8) is 0 Å². The topological polar surface area (TPSA) is 55.1 Å². The van der Waals surface area contributed by atoms with E-state index < -0.39 is 5.97 Å². The highest BCUT2D eigenvalue weighted by Gasteiger charge is 2.25. The average Bonchev–Trinajstić information content (AvgIpc) is 3.00. The zero-order valence-electron chi connectivity index (χ0n) is 8.76. The van der Waals surface area contributed by atoms with Crippen LogP contribution in [0.2, 0.25) is 0 Å². The van der Waals surface area contributed by atoms with Gasteiger partial charge < -0.3 is 9.67 Å². The number of carbonyl (C=O) groups is 1.